The summed E-state index contributed by atoms with van der Waals surface area (Å²) < 4.78 is 29.6. The summed E-state index contributed by atoms with van der Waals surface area (Å²) in [6, 6.07) is 22.0. The molecule has 2 N–H and O–H groups in total. The second kappa shape index (κ2) is 11.4. The summed E-state index contributed by atoms with van der Waals surface area (Å²) in [6.45, 7) is 1.03. The van der Waals surface area contributed by atoms with Crippen molar-refractivity contribution in [1.29, 1.82) is 0 Å². The van der Waals surface area contributed by atoms with Crippen LogP contribution < -0.4 is 5.32 Å². The zero-order chi connectivity index (χ0) is 27.4. The largest absolute Gasteiger partial charge is 0.478 e. The zero-order valence-corrected chi connectivity index (χ0v) is 22.4. The Morgan fingerprint density at radius 1 is 0.923 bits per heavy atom. The predicted octanol–water partition coefficient (Wildman–Crippen LogP) is 4.15. The molecule has 1 fully saturated rings. The number of carboxylic acid groups (broad SMARTS) is 1. The fourth-order valence-corrected chi connectivity index (χ4v) is 6.57. The summed E-state index contributed by atoms with van der Waals surface area (Å²) in [6.07, 6.45) is 1.70. The molecule has 0 unspecified atom stereocenters. The van der Waals surface area contributed by atoms with E-state index in [1.54, 1.807) is 28.8 Å². The van der Waals surface area contributed by atoms with Crippen LogP contribution in [0.5, 0.6) is 0 Å². The van der Waals surface area contributed by atoms with Gasteiger partial charge in [-0.15, -0.1) is 10.2 Å². The van der Waals surface area contributed by atoms with E-state index in [0.717, 1.165) is 18.5 Å². The van der Waals surface area contributed by atoms with Crippen LogP contribution in [0.25, 0.3) is 17.1 Å². The van der Waals surface area contributed by atoms with E-state index in [2.05, 4.69) is 15.5 Å². The number of sulfonamides is 1. The number of nitrogens with one attached hydrogen (secondary N) is 1. The van der Waals surface area contributed by atoms with Crippen LogP contribution in [0.1, 0.15) is 23.2 Å². The SMILES string of the molecule is O=C(CSc1nnc(-c2cccc(S(=O)(=O)N3CCCC3)c2)n1-c1ccccc1)Nc1ccc(C(=O)O)cc1. The second-order valence-electron chi connectivity index (χ2n) is 8.84. The molecule has 4 aromatic rings. The highest BCUT2D eigenvalue weighted by Crippen LogP contribution is 2.30. The minimum Gasteiger partial charge on any atom is -0.478 e. The van der Waals surface area contributed by atoms with E-state index in [1.165, 1.54) is 40.3 Å². The van der Waals surface area contributed by atoms with E-state index in [9.17, 15) is 18.0 Å². The van der Waals surface area contributed by atoms with Gasteiger partial charge in [-0.05, 0) is 61.4 Å². The molecule has 0 spiro atoms. The van der Waals surface area contributed by atoms with Crippen LogP contribution in [0.2, 0.25) is 0 Å². The van der Waals surface area contributed by atoms with Gasteiger partial charge in [0.1, 0.15) is 0 Å². The molecule has 39 heavy (non-hydrogen) atoms. The maximum Gasteiger partial charge on any atom is 0.335 e. The van der Waals surface area contributed by atoms with Crippen molar-refractivity contribution in [3.8, 4) is 17.1 Å². The van der Waals surface area contributed by atoms with E-state index in [0.29, 0.717) is 35.3 Å². The number of amides is 1. The molecule has 5 rings (SSSR count). The molecule has 1 amide bonds. The first-order chi connectivity index (χ1) is 18.8. The van der Waals surface area contributed by atoms with Crippen LogP contribution in [0.4, 0.5) is 5.69 Å². The van der Waals surface area contributed by atoms with Crippen molar-refractivity contribution >= 4 is 39.3 Å². The minimum absolute atomic E-state index is 0.0228. The Kier molecular flexibility index (Phi) is 7.77. The smallest absolute Gasteiger partial charge is 0.335 e. The molecular formula is C27H25N5O5S2. The third-order valence-electron chi connectivity index (χ3n) is 6.19. The van der Waals surface area contributed by atoms with Gasteiger partial charge in [0, 0.05) is 30.0 Å². The van der Waals surface area contributed by atoms with Crippen molar-refractivity contribution in [2.45, 2.75) is 22.9 Å². The third kappa shape index (κ3) is 5.87. The number of para-hydroxylation sites is 1. The number of carboxylic acids is 1. The lowest BCUT2D eigenvalue weighted by Gasteiger charge is -2.16. The van der Waals surface area contributed by atoms with Crippen LogP contribution in [0.3, 0.4) is 0 Å². The predicted molar refractivity (Wildman–Crippen MR) is 148 cm³/mol. The summed E-state index contributed by atoms with van der Waals surface area (Å²) in [7, 11) is -3.61. The first kappa shape index (κ1) is 26.6. The molecule has 0 saturated carbocycles. The van der Waals surface area contributed by atoms with Gasteiger partial charge >= 0.3 is 5.97 Å². The number of hydrogen-bond donors (Lipinski definition) is 2. The van der Waals surface area contributed by atoms with E-state index in [4.69, 9.17) is 5.11 Å². The second-order valence-corrected chi connectivity index (χ2v) is 11.7. The number of hydrogen-bond acceptors (Lipinski definition) is 7. The first-order valence-electron chi connectivity index (χ1n) is 12.2. The summed E-state index contributed by atoms with van der Waals surface area (Å²) in [5.74, 6) is -0.869. The third-order valence-corrected chi connectivity index (χ3v) is 9.01. The van der Waals surface area contributed by atoms with E-state index < -0.39 is 16.0 Å². The lowest BCUT2D eigenvalue weighted by atomic mass is 10.2. The number of benzene rings is 3. The highest BCUT2D eigenvalue weighted by atomic mass is 32.2. The Balaban J connectivity index is 1.40. The van der Waals surface area contributed by atoms with Crippen molar-refractivity contribution in [3.63, 3.8) is 0 Å². The molecule has 12 heteroatoms. The lowest BCUT2D eigenvalue weighted by Crippen LogP contribution is -2.27. The van der Waals surface area contributed by atoms with Gasteiger partial charge in [-0.3, -0.25) is 9.36 Å². The van der Waals surface area contributed by atoms with Crippen molar-refractivity contribution < 1.29 is 23.1 Å². The molecule has 0 atom stereocenters. The van der Waals surface area contributed by atoms with Crippen molar-refractivity contribution in [1.82, 2.24) is 19.1 Å². The van der Waals surface area contributed by atoms with Gasteiger partial charge in [-0.25, -0.2) is 13.2 Å². The highest BCUT2D eigenvalue weighted by molar-refractivity contribution is 7.99. The van der Waals surface area contributed by atoms with Crippen LogP contribution in [-0.4, -0.2) is 63.3 Å². The molecule has 1 aliphatic heterocycles. The van der Waals surface area contributed by atoms with Gasteiger partial charge in [-0.1, -0.05) is 42.1 Å². The maximum atomic E-state index is 13.2. The average Bonchev–Trinajstić information content (AvgIpc) is 3.64. The Bertz CT molecular complexity index is 1600. The molecule has 1 aromatic heterocycles. The van der Waals surface area contributed by atoms with Gasteiger partial charge < -0.3 is 10.4 Å². The van der Waals surface area contributed by atoms with Crippen LogP contribution in [-0.2, 0) is 14.8 Å². The number of thioether (sulfide) groups is 1. The molecule has 0 bridgehead atoms. The number of aromatic carboxylic acids is 1. The average molecular weight is 564 g/mol. The summed E-state index contributed by atoms with van der Waals surface area (Å²) >= 11 is 1.18. The highest BCUT2D eigenvalue weighted by Gasteiger charge is 2.28. The number of rotatable bonds is 9. The van der Waals surface area contributed by atoms with E-state index >= 15 is 0 Å². The summed E-state index contributed by atoms with van der Waals surface area (Å²) in [4.78, 5) is 23.9. The molecule has 3 aromatic carbocycles. The number of anilines is 1. The van der Waals surface area contributed by atoms with Crippen molar-refractivity contribution in [3.05, 3.63) is 84.4 Å². The van der Waals surface area contributed by atoms with Crippen LogP contribution in [0, 0.1) is 0 Å². The first-order valence-corrected chi connectivity index (χ1v) is 14.6. The quantitative estimate of drug-likeness (QED) is 0.290. The fourth-order valence-electron chi connectivity index (χ4n) is 4.26. The summed E-state index contributed by atoms with van der Waals surface area (Å²) in [5, 5.41) is 20.9. The van der Waals surface area contributed by atoms with E-state index in [1.807, 2.05) is 30.3 Å². The van der Waals surface area contributed by atoms with Gasteiger partial charge in [0.2, 0.25) is 15.9 Å². The minimum atomic E-state index is -3.61. The van der Waals surface area contributed by atoms with E-state index in [-0.39, 0.29) is 22.1 Å². The number of aromatic nitrogens is 3. The molecule has 0 radical (unpaired) electrons. The molecular weight excluding hydrogens is 538 g/mol. The van der Waals surface area contributed by atoms with Gasteiger partial charge in [-0.2, -0.15) is 4.31 Å². The zero-order valence-electron chi connectivity index (χ0n) is 20.7. The Morgan fingerprint density at radius 2 is 1.64 bits per heavy atom. The van der Waals surface area contributed by atoms with Crippen molar-refractivity contribution in [2.24, 2.45) is 0 Å². The van der Waals surface area contributed by atoms with Crippen LogP contribution >= 0.6 is 11.8 Å². The Hall–Kier alpha value is -4.00. The molecule has 1 aliphatic rings. The standard InChI is InChI=1S/C27H25N5O5S2/c33-24(28-21-13-11-19(12-14-21)26(34)35)18-38-27-30-29-25(32(27)22-8-2-1-3-9-22)20-7-6-10-23(17-20)39(36,37)31-15-4-5-16-31/h1-3,6-14,17H,4-5,15-16,18H2,(H,28,33)(H,34,35). The van der Waals surface area contributed by atoms with Gasteiger partial charge in [0.15, 0.2) is 11.0 Å². The number of carbonyl (C=O) groups excluding carboxylic acids is 1. The lowest BCUT2D eigenvalue weighted by molar-refractivity contribution is -0.113. The summed E-state index contributed by atoms with van der Waals surface area (Å²) in [5.41, 5.74) is 1.95. The molecule has 200 valence electrons. The molecule has 1 saturated heterocycles. The molecule has 2 heterocycles. The van der Waals surface area contributed by atoms with Crippen molar-refractivity contribution in [2.75, 3.05) is 24.2 Å². The normalized spacial score (nSPS) is 13.8. The number of nitrogens with zero attached hydrogens (tertiary/aromatic N) is 4. The van der Waals surface area contributed by atoms with Crippen LogP contribution in [0.15, 0.2) is 88.9 Å². The molecule has 10 nitrogen and oxygen atoms in total. The Labute approximate surface area is 229 Å². The maximum absolute atomic E-state index is 13.2. The van der Waals surface area contributed by atoms with Gasteiger partial charge in [0.05, 0.1) is 16.2 Å². The topological polar surface area (TPSA) is 134 Å². The van der Waals surface area contributed by atoms with Gasteiger partial charge in [0.25, 0.3) is 0 Å². The fraction of sp³-hybridized carbons (Fsp3) is 0.185. The Morgan fingerprint density at radius 3 is 2.33 bits per heavy atom. The monoisotopic (exact) mass is 563 g/mol. The molecule has 0 aliphatic carbocycles. The number of carbonyl (C=O) groups is 2.